The maximum absolute atomic E-state index is 11.8. The standard InChI is InChI=1S/C18H26N4O2/c1-13-5-3-6-15(11-13)19-18-16-12-21(14(2)24)9-7-17(16)22(20-18)8-4-10-23/h3,5-6,11,18-20,23H,4,7-10,12H2,1-2H3. The molecule has 0 spiro atoms. The SMILES string of the molecule is CC(=O)N1CCC2=C(C1)C(Nc1cccc(C)c1)NN2CCCO. The Morgan fingerprint density at radius 1 is 1.46 bits per heavy atom. The fourth-order valence-corrected chi connectivity index (χ4v) is 3.37. The number of carbonyl (C=O) groups excluding carboxylic acids is 1. The molecule has 6 heteroatoms. The van der Waals surface area contributed by atoms with Gasteiger partial charge in [0.25, 0.3) is 0 Å². The van der Waals surface area contributed by atoms with Crippen LogP contribution in [0.1, 0.15) is 25.3 Å². The van der Waals surface area contributed by atoms with E-state index in [2.05, 4.69) is 40.9 Å². The average molecular weight is 330 g/mol. The van der Waals surface area contributed by atoms with Crippen molar-refractivity contribution >= 4 is 11.6 Å². The molecule has 0 aromatic heterocycles. The minimum absolute atomic E-state index is 0.0253. The first-order chi connectivity index (χ1) is 11.6. The summed E-state index contributed by atoms with van der Waals surface area (Å²) in [6, 6.07) is 8.28. The van der Waals surface area contributed by atoms with Gasteiger partial charge < -0.3 is 20.3 Å². The number of aliphatic hydroxyl groups is 1. The van der Waals surface area contributed by atoms with Crippen molar-refractivity contribution in [3.63, 3.8) is 0 Å². The van der Waals surface area contributed by atoms with Crippen molar-refractivity contribution in [3.05, 3.63) is 41.1 Å². The number of carbonyl (C=O) groups is 1. The molecule has 0 saturated carbocycles. The van der Waals surface area contributed by atoms with E-state index < -0.39 is 0 Å². The van der Waals surface area contributed by atoms with Gasteiger partial charge >= 0.3 is 0 Å². The Hall–Kier alpha value is -2.05. The lowest BCUT2D eigenvalue weighted by atomic mass is 10.0. The van der Waals surface area contributed by atoms with E-state index in [1.165, 1.54) is 16.8 Å². The highest BCUT2D eigenvalue weighted by Gasteiger charge is 2.35. The summed E-state index contributed by atoms with van der Waals surface area (Å²) in [6.07, 6.45) is 1.54. The van der Waals surface area contributed by atoms with Gasteiger partial charge in [0.2, 0.25) is 5.91 Å². The average Bonchev–Trinajstić information content (AvgIpc) is 2.90. The molecule has 1 unspecified atom stereocenters. The summed E-state index contributed by atoms with van der Waals surface area (Å²) in [6.45, 7) is 6.04. The third kappa shape index (κ3) is 3.55. The molecule has 2 aliphatic rings. The van der Waals surface area contributed by atoms with Gasteiger partial charge in [-0.3, -0.25) is 4.79 Å². The summed E-state index contributed by atoms with van der Waals surface area (Å²) in [7, 11) is 0. The molecular formula is C18H26N4O2. The molecule has 130 valence electrons. The van der Waals surface area contributed by atoms with E-state index in [1.54, 1.807) is 6.92 Å². The van der Waals surface area contributed by atoms with Crippen LogP contribution in [0, 0.1) is 6.92 Å². The van der Waals surface area contributed by atoms with Gasteiger partial charge in [-0.15, -0.1) is 0 Å². The summed E-state index contributed by atoms with van der Waals surface area (Å²) in [4.78, 5) is 13.7. The minimum Gasteiger partial charge on any atom is -0.396 e. The van der Waals surface area contributed by atoms with E-state index in [0.717, 1.165) is 31.6 Å². The Morgan fingerprint density at radius 3 is 3.00 bits per heavy atom. The van der Waals surface area contributed by atoms with E-state index in [-0.39, 0.29) is 18.7 Å². The van der Waals surface area contributed by atoms with Crippen molar-refractivity contribution in [1.82, 2.24) is 15.3 Å². The Balaban J connectivity index is 1.80. The number of aliphatic hydroxyl groups excluding tert-OH is 1. The van der Waals surface area contributed by atoms with E-state index in [4.69, 9.17) is 5.11 Å². The molecule has 0 radical (unpaired) electrons. The number of rotatable bonds is 5. The quantitative estimate of drug-likeness (QED) is 0.762. The van der Waals surface area contributed by atoms with Crippen LogP contribution in [0.5, 0.6) is 0 Å². The zero-order chi connectivity index (χ0) is 17.1. The number of nitrogens with one attached hydrogen (secondary N) is 2. The summed E-state index contributed by atoms with van der Waals surface area (Å²) < 4.78 is 0. The molecule has 1 aromatic carbocycles. The van der Waals surface area contributed by atoms with Crippen LogP contribution < -0.4 is 10.7 Å². The second-order valence-corrected chi connectivity index (χ2v) is 6.47. The maximum atomic E-state index is 11.8. The van der Waals surface area contributed by atoms with E-state index in [9.17, 15) is 4.79 Å². The van der Waals surface area contributed by atoms with Gasteiger partial charge in [-0.1, -0.05) is 12.1 Å². The summed E-state index contributed by atoms with van der Waals surface area (Å²) in [5.41, 5.74) is 8.23. The molecule has 24 heavy (non-hydrogen) atoms. The van der Waals surface area contributed by atoms with Gasteiger partial charge in [-0.25, -0.2) is 5.43 Å². The van der Waals surface area contributed by atoms with Crippen molar-refractivity contribution < 1.29 is 9.90 Å². The Bertz CT molecular complexity index is 644. The molecule has 0 saturated heterocycles. The topological polar surface area (TPSA) is 67.8 Å². The van der Waals surface area contributed by atoms with Crippen LogP contribution in [0.25, 0.3) is 0 Å². The Morgan fingerprint density at radius 2 is 2.29 bits per heavy atom. The van der Waals surface area contributed by atoms with Crippen LogP contribution >= 0.6 is 0 Å². The lowest BCUT2D eigenvalue weighted by Crippen LogP contribution is -2.43. The van der Waals surface area contributed by atoms with Crippen molar-refractivity contribution in [2.75, 3.05) is 31.6 Å². The highest BCUT2D eigenvalue weighted by atomic mass is 16.3. The zero-order valence-electron chi connectivity index (χ0n) is 14.4. The monoisotopic (exact) mass is 330 g/mol. The first kappa shape index (κ1) is 16.8. The molecule has 1 atom stereocenters. The predicted octanol–water partition coefficient (Wildman–Crippen LogP) is 1.44. The van der Waals surface area contributed by atoms with Crippen LogP contribution in [0.2, 0.25) is 0 Å². The third-order valence-corrected chi connectivity index (χ3v) is 4.62. The van der Waals surface area contributed by atoms with Crippen molar-refractivity contribution in [3.8, 4) is 0 Å². The number of amides is 1. The molecular weight excluding hydrogens is 304 g/mol. The van der Waals surface area contributed by atoms with Gasteiger partial charge in [-0.2, -0.15) is 0 Å². The lowest BCUT2D eigenvalue weighted by molar-refractivity contribution is -0.128. The van der Waals surface area contributed by atoms with Gasteiger partial charge in [0, 0.05) is 56.5 Å². The van der Waals surface area contributed by atoms with Crippen molar-refractivity contribution in [1.29, 1.82) is 0 Å². The number of aryl methyl sites for hydroxylation is 1. The van der Waals surface area contributed by atoms with E-state index in [0.29, 0.717) is 6.54 Å². The van der Waals surface area contributed by atoms with Crippen LogP contribution in [0.4, 0.5) is 5.69 Å². The molecule has 2 aliphatic heterocycles. The molecule has 0 aliphatic carbocycles. The molecule has 2 heterocycles. The molecule has 1 aromatic rings. The molecule has 6 nitrogen and oxygen atoms in total. The normalized spacial score (nSPS) is 20.4. The van der Waals surface area contributed by atoms with Crippen molar-refractivity contribution in [2.24, 2.45) is 0 Å². The van der Waals surface area contributed by atoms with E-state index in [1.807, 2.05) is 11.0 Å². The summed E-state index contributed by atoms with van der Waals surface area (Å²) >= 11 is 0. The second kappa shape index (κ2) is 7.23. The fraction of sp³-hybridized carbons (Fsp3) is 0.500. The number of benzene rings is 1. The molecule has 0 fully saturated rings. The summed E-state index contributed by atoms with van der Waals surface area (Å²) in [5.74, 6) is 0.115. The van der Waals surface area contributed by atoms with Crippen molar-refractivity contribution in [2.45, 2.75) is 32.9 Å². The lowest BCUT2D eigenvalue weighted by Gasteiger charge is -2.30. The molecule has 3 N–H and O–H groups in total. The van der Waals surface area contributed by atoms with E-state index >= 15 is 0 Å². The second-order valence-electron chi connectivity index (χ2n) is 6.47. The minimum atomic E-state index is -0.0253. The highest BCUT2D eigenvalue weighted by Crippen LogP contribution is 2.29. The zero-order valence-corrected chi connectivity index (χ0v) is 14.4. The smallest absolute Gasteiger partial charge is 0.219 e. The Kier molecular flexibility index (Phi) is 5.06. The fourth-order valence-electron chi connectivity index (χ4n) is 3.37. The highest BCUT2D eigenvalue weighted by molar-refractivity contribution is 5.74. The molecule has 0 bridgehead atoms. The van der Waals surface area contributed by atoms with Crippen LogP contribution in [-0.4, -0.2) is 53.3 Å². The molecule has 3 rings (SSSR count). The third-order valence-electron chi connectivity index (χ3n) is 4.62. The molecule has 1 amide bonds. The van der Waals surface area contributed by atoms with Gasteiger partial charge in [0.1, 0.15) is 6.17 Å². The van der Waals surface area contributed by atoms with Gasteiger partial charge in [0.05, 0.1) is 0 Å². The van der Waals surface area contributed by atoms with Gasteiger partial charge in [-0.05, 0) is 31.0 Å². The van der Waals surface area contributed by atoms with Crippen LogP contribution in [0.3, 0.4) is 0 Å². The number of hydrogen-bond donors (Lipinski definition) is 3. The first-order valence-corrected chi connectivity index (χ1v) is 8.53. The van der Waals surface area contributed by atoms with Crippen LogP contribution in [-0.2, 0) is 4.79 Å². The number of anilines is 1. The number of nitrogens with zero attached hydrogens (tertiary/aromatic N) is 2. The largest absolute Gasteiger partial charge is 0.396 e. The number of hydrazine groups is 1. The first-order valence-electron chi connectivity index (χ1n) is 8.53. The van der Waals surface area contributed by atoms with Crippen LogP contribution in [0.15, 0.2) is 35.5 Å². The summed E-state index contributed by atoms with van der Waals surface area (Å²) in [5, 5.41) is 14.8. The number of hydrogen-bond acceptors (Lipinski definition) is 5. The maximum Gasteiger partial charge on any atom is 0.219 e. The predicted molar refractivity (Wildman–Crippen MR) is 94.0 cm³/mol. The Labute approximate surface area is 143 Å². The van der Waals surface area contributed by atoms with Gasteiger partial charge in [0.15, 0.2) is 0 Å².